The number of Topliss-reactive ketones (excluding diaryl/α,β-unsaturated/α-hetero) is 1. The lowest BCUT2D eigenvalue weighted by molar-refractivity contribution is -0.144. The van der Waals surface area contributed by atoms with Crippen LogP contribution in [0.5, 0.6) is 5.75 Å². The van der Waals surface area contributed by atoms with Crippen LogP contribution in [0.15, 0.2) is 36.4 Å². The summed E-state index contributed by atoms with van der Waals surface area (Å²) in [7, 11) is 0. The number of hydrogen-bond acceptors (Lipinski definition) is 4. The molecule has 0 saturated carbocycles. The number of para-hydroxylation sites is 1. The van der Waals surface area contributed by atoms with Crippen molar-refractivity contribution in [1.82, 2.24) is 4.57 Å². The summed E-state index contributed by atoms with van der Waals surface area (Å²) in [5.41, 5.74) is 0.590. The molecule has 0 aliphatic rings. The van der Waals surface area contributed by atoms with Crippen LogP contribution in [0.3, 0.4) is 0 Å². The predicted octanol–water partition coefficient (Wildman–Crippen LogP) is 3.47. The SMILES string of the molecule is Cc1cc(C(=O)COC(=O)COc2ccccc2)c(C)n1CC(F)(F)F. The Morgan fingerprint density at radius 2 is 1.73 bits per heavy atom. The van der Waals surface area contributed by atoms with Gasteiger partial charge in [-0.25, -0.2) is 4.79 Å². The van der Waals surface area contributed by atoms with Crippen LogP contribution in [-0.2, 0) is 16.1 Å². The molecule has 0 amide bonds. The number of carbonyl (C=O) groups excluding carboxylic acids is 2. The molecular weight excluding hydrogens is 351 g/mol. The number of benzene rings is 1. The highest BCUT2D eigenvalue weighted by Crippen LogP contribution is 2.23. The van der Waals surface area contributed by atoms with Gasteiger partial charge in [0.15, 0.2) is 13.2 Å². The smallest absolute Gasteiger partial charge is 0.406 e. The molecule has 1 heterocycles. The Balaban J connectivity index is 1.91. The molecule has 1 aromatic carbocycles. The second kappa shape index (κ2) is 8.07. The zero-order chi connectivity index (χ0) is 19.3. The lowest BCUT2D eigenvalue weighted by Gasteiger charge is -2.12. The number of rotatable bonds is 7. The first kappa shape index (κ1) is 19.6. The third-order valence-electron chi connectivity index (χ3n) is 3.68. The number of aromatic nitrogens is 1. The van der Waals surface area contributed by atoms with Crippen molar-refractivity contribution < 1.29 is 32.2 Å². The molecule has 0 aliphatic carbocycles. The maximum Gasteiger partial charge on any atom is 0.406 e. The molecular formula is C18H18F3NO4. The zero-order valence-electron chi connectivity index (χ0n) is 14.3. The first-order valence-corrected chi connectivity index (χ1v) is 7.77. The Morgan fingerprint density at radius 1 is 1.08 bits per heavy atom. The molecule has 1 aromatic heterocycles. The molecule has 0 saturated heterocycles. The Morgan fingerprint density at radius 3 is 2.35 bits per heavy atom. The van der Waals surface area contributed by atoms with E-state index >= 15 is 0 Å². The number of hydrogen-bond donors (Lipinski definition) is 0. The highest BCUT2D eigenvalue weighted by molar-refractivity contribution is 5.99. The molecule has 0 fully saturated rings. The summed E-state index contributed by atoms with van der Waals surface area (Å²) in [5, 5.41) is 0. The first-order chi connectivity index (χ1) is 12.2. The number of carbonyl (C=O) groups is 2. The Kier molecular flexibility index (Phi) is 6.07. The van der Waals surface area contributed by atoms with Gasteiger partial charge in [0.1, 0.15) is 12.3 Å². The van der Waals surface area contributed by atoms with Gasteiger partial charge in [-0.15, -0.1) is 0 Å². The van der Waals surface area contributed by atoms with Crippen molar-refractivity contribution in [2.45, 2.75) is 26.6 Å². The lowest BCUT2D eigenvalue weighted by atomic mass is 10.1. The summed E-state index contributed by atoms with van der Waals surface area (Å²) in [6, 6.07) is 9.94. The second-order valence-electron chi connectivity index (χ2n) is 5.67. The maximum atomic E-state index is 12.6. The van der Waals surface area contributed by atoms with Crippen LogP contribution < -0.4 is 4.74 Å². The van der Waals surface area contributed by atoms with E-state index in [1.54, 1.807) is 30.3 Å². The normalized spacial score (nSPS) is 11.3. The standard InChI is InChI=1S/C18H18F3NO4/c1-12-8-15(13(2)22(12)11-18(19,20)21)16(23)9-26-17(24)10-25-14-6-4-3-5-7-14/h3-8H,9-11H2,1-2H3. The fraction of sp³-hybridized carbons (Fsp3) is 0.333. The number of ether oxygens (including phenoxy) is 2. The molecule has 2 rings (SSSR count). The minimum atomic E-state index is -4.39. The molecule has 26 heavy (non-hydrogen) atoms. The number of esters is 1. The molecule has 5 nitrogen and oxygen atoms in total. The van der Waals surface area contributed by atoms with E-state index in [1.165, 1.54) is 19.9 Å². The molecule has 140 valence electrons. The Bertz CT molecular complexity index is 782. The molecule has 8 heteroatoms. The molecule has 0 spiro atoms. The number of ketones is 1. The van der Waals surface area contributed by atoms with Crippen molar-refractivity contribution in [1.29, 1.82) is 0 Å². The van der Waals surface area contributed by atoms with Crippen LogP contribution >= 0.6 is 0 Å². The van der Waals surface area contributed by atoms with Gasteiger partial charge in [0, 0.05) is 17.0 Å². The van der Waals surface area contributed by atoms with Crippen molar-refractivity contribution in [3.63, 3.8) is 0 Å². The van der Waals surface area contributed by atoms with Crippen LogP contribution in [0.4, 0.5) is 13.2 Å². The maximum absolute atomic E-state index is 12.6. The zero-order valence-corrected chi connectivity index (χ0v) is 14.3. The van der Waals surface area contributed by atoms with Crippen LogP contribution in [0.1, 0.15) is 21.7 Å². The van der Waals surface area contributed by atoms with Crippen molar-refractivity contribution in [3.8, 4) is 5.75 Å². The van der Waals surface area contributed by atoms with E-state index in [0.717, 1.165) is 4.57 Å². The van der Waals surface area contributed by atoms with Gasteiger partial charge in [0.25, 0.3) is 0 Å². The molecule has 0 bridgehead atoms. The summed E-state index contributed by atoms with van der Waals surface area (Å²) in [4.78, 5) is 23.8. The highest BCUT2D eigenvalue weighted by Gasteiger charge is 2.30. The van der Waals surface area contributed by atoms with E-state index in [0.29, 0.717) is 11.4 Å². The van der Waals surface area contributed by atoms with Gasteiger partial charge in [0.2, 0.25) is 5.78 Å². The predicted molar refractivity (Wildman–Crippen MR) is 87.2 cm³/mol. The van der Waals surface area contributed by atoms with Gasteiger partial charge in [-0.2, -0.15) is 13.2 Å². The van der Waals surface area contributed by atoms with Gasteiger partial charge in [-0.05, 0) is 32.0 Å². The fourth-order valence-corrected chi connectivity index (χ4v) is 2.43. The Labute approximate surface area is 148 Å². The van der Waals surface area contributed by atoms with E-state index in [-0.39, 0.29) is 17.9 Å². The highest BCUT2D eigenvalue weighted by atomic mass is 19.4. The number of alkyl halides is 3. The van der Waals surface area contributed by atoms with Gasteiger partial charge in [0.05, 0.1) is 0 Å². The van der Waals surface area contributed by atoms with Crippen LogP contribution in [-0.4, -0.2) is 35.7 Å². The molecule has 0 atom stereocenters. The summed E-state index contributed by atoms with van der Waals surface area (Å²) >= 11 is 0. The number of aryl methyl sites for hydroxylation is 1. The summed E-state index contributed by atoms with van der Waals surface area (Å²) in [6.07, 6.45) is -4.39. The van der Waals surface area contributed by atoms with Gasteiger partial charge in [-0.1, -0.05) is 18.2 Å². The minimum absolute atomic E-state index is 0.100. The summed E-state index contributed by atoms with van der Waals surface area (Å²) in [6.45, 7) is 0.794. The average Bonchev–Trinajstić information content (AvgIpc) is 2.85. The van der Waals surface area contributed by atoms with E-state index in [2.05, 4.69) is 0 Å². The molecule has 2 aromatic rings. The lowest BCUT2D eigenvalue weighted by Crippen LogP contribution is -2.21. The van der Waals surface area contributed by atoms with Gasteiger partial charge >= 0.3 is 12.1 Å². The van der Waals surface area contributed by atoms with Gasteiger partial charge in [-0.3, -0.25) is 4.79 Å². The van der Waals surface area contributed by atoms with Crippen molar-refractivity contribution in [2.24, 2.45) is 0 Å². The molecule has 0 radical (unpaired) electrons. The van der Waals surface area contributed by atoms with Crippen molar-refractivity contribution >= 4 is 11.8 Å². The van der Waals surface area contributed by atoms with Crippen LogP contribution in [0.2, 0.25) is 0 Å². The van der Waals surface area contributed by atoms with Gasteiger partial charge < -0.3 is 14.0 Å². The topological polar surface area (TPSA) is 57.5 Å². The quantitative estimate of drug-likeness (QED) is 0.554. The van der Waals surface area contributed by atoms with Crippen molar-refractivity contribution in [2.75, 3.05) is 13.2 Å². The summed E-state index contributed by atoms with van der Waals surface area (Å²) in [5.74, 6) is -0.836. The summed E-state index contributed by atoms with van der Waals surface area (Å²) < 4.78 is 48.8. The molecule has 0 unspecified atom stereocenters. The monoisotopic (exact) mass is 369 g/mol. The first-order valence-electron chi connectivity index (χ1n) is 7.77. The van der Waals surface area contributed by atoms with Crippen molar-refractivity contribution in [3.05, 3.63) is 53.3 Å². The van der Waals surface area contributed by atoms with E-state index in [4.69, 9.17) is 9.47 Å². The minimum Gasteiger partial charge on any atom is -0.482 e. The van der Waals surface area contributed by atoms with E-state index in [9.17, 15) is 22.8 Å². The van der Waals surface area contributed by atoms with E-state index < -0.39 is 31.1 Å². The van der Waals surface area contributed by atoms with E-state index in [1.807, 2.05) is 0 Å². The molecule has 0 N–H and O–H groups in total. The third kappa shape index (κ3) is 5.37. The largest absolute Gasteiger partial charge is 0.482 e. The van der Waals surface area contributed by atoms with Crippen LogP contribution in [0.25, 0.3) is 0 Å². The number of halogens is 3. The third-order valence-corrected chi connectivity index (χ3v) is 3.68. The number of nitrogens with zero attached hydrogens (tertiary/aromatic N) is 1. The molecule has 0 aliphatic heterocycles. The fourth-order valence-electron chi connectivity index (χ4n) is 2.43. The van der Waals surface area contributed by atoms with Crippen LogP contribution in [0, 0.1) is 13.8 Å². The average molecular weight is 369 g/mol. The second-order valence-corrected chi connectivity index (χ2v) is 5.67. The Hall–Kier alpha value is -2.77.